The molecule has 1 aromatic carbocycles. The SMILES string of the molecule is BrC(Br)=Cc1ccccc1.C=CC=C. The van der Waals surface area contributed by atoms with E-state index in [4.69, 9.17) is 0 Å². The molecule has 74 valence electrons. The van der Waals surface area contributed by atoms with Crippen molar-refractivity contribution in [2.45, 2.75) is 0 Å². The smallest absolute Gasteiger partial charge is 0.0610 e. The van der Waals surface area contributed by atoms with Crippen molar-refractivity contribution in [3.63, 3.8) is 0 Å². The van der Waals surface area contributed by atoms with E-state index in [-0.39, 0.29) is 0 Å². The summed E-state index contributed by atoms with van der Waals surface area (Å²) in [5.41, 5.74) is 1.19. The summed E-state index contributed by atoms with van der Waals surface area (Å²) in [5.74, 6) is 0. The van der Waals surface area contributed by atoms with Gasteiger partial charge >= 0.3 is 0 Å². The summed E-state index contributed by atoms with van der Waals surface area (Å²) < 4.78 is 0.964. The van der Waals surface area contributed by atoms with Gasteiger partial charge in [-0.1, -0.05) is 55.6 Å². The van der Waals surface area contributed by atoms with Gasteiger partial charge in [-0.3, -0.25) is 0 Å². The van der Waals surface area contributed by atoms with Crippen LogP contribution in [0.15, 0.2) is 59.0 Å². The van der Waals surface area contributed by atoms with Gasteiger partial charge in [-0.2, -0.15) is 0 Å². The third kappa shape index (κ3) is 8.02. The van der Waals surface area contributed by atoms with Crippen molar-refractivity contribution in [3.05, 3.63) is 64.6 Å². The summed E-state index contributed by atoms with van der Waals surface area (Å²) in [6, 6.07) is 10.1. The second kappa shape index (κ2) is 8.97. The van der Waals surface area contributed by atoms with Crippen LogP contribution in [0.3, 0.4) is 0 Å². The zero-order chi connectivity index (χ0) is 10.8. The summed E-state index contributed by atoms with van der Waals surface area (Å²) in [6.45, 7) is 6.72. The number of hydrogen-bond donors (Lipinski definition) is 0. The fourth-order valence-electron chi connectivity index (χ4n) is 0.675. The second-order valence-corrected chi connectivity index (χ2v) is 5.09. The Morgan fingerprint density at radius 2 is 1.50 bits per heavy atom. The second-order valence-electron chi connectivity index (χ2n) is 2.32. The molecular formula is C12H12Br2. The standard InChI is InChI=1S/C8H6Br2.C4H6/c9-8(10)6-7-4-2-1-3-5-7;1-3-4-2/h1-6H;3-4H,1-2H2. The molecule has 0 radical (unpaired) electrons. The third-order valence-electron chi connectivity index (χ3n) is 1.24. The lowest BCUT2D eigenvalue weighted by Gasteiger charge is -1.89. The Morgan fingerprint density at radius 3 is 1.86 bits per heavy atom. The molecule has 0 heterocycles. The summed E-state index contributed by atoms with van der Waals surface area (Å²) in [5, 5.41) is 0. The molecule has 0 saturated carbocycles. The highest BCUT2D eigenvalue weighted by molar-refractivity contribution is 9.28. The first-order valence-electron chi connectivity index (χ1n) is 4.02. The van der Waals surface area contributed by atoms with Crippen LogP contribution in [0, 0.1) is 0 Å². The Morgan fingerprint density at radius 1 is 1.00 bits per heavy atom. The van der Waals surface area contributed by atoms with Gasteiger partial charge in [0, 0.05) is 0 Å². The van der Waals surface area contributed by atoms with Crippen molar-refractivity contribution in [1.82, 2.24) is 0 Å². The maximum Gasteiger partial charge on any atom is 0.0610 e. The Labute approximate surface area is 102 Å². The van der Waals surface area contributed by atoms with E-state index in [1.54, 1.807) is 12.2 Å². The van der Waals surface area contributed by atoms with E-state index in [1.165, 1.54) is 5.56 Å². The minimum Gasteiger partial charge on any atom is -0.0991 e. The first-order valence-corrected chi connectivity index (χ1v) is 5.60. The van der Waals surface area contributed by atoms with Crippen molar-refractivity contribution in [3.8, 4) is 0 Å². The zero-order valence-corrected chi connectivity index (χ0v) is 11.0. The molecule has 0 aliphatic carbocycles. The molecule has 1 aromatic rings. The zero-order valence-electron chi connectivity index (χ0n) is 7.79. The van der Waals surface area contributed by atoms with Crippen molar-refractivity contribution in [1.29, 1.82) is 0 Å². The number of benzene rings is 1. The molecule has 0 bridgehead atoms. The van der Waals surface area contributed by atoms with Gasteiger partial charge in [-0.25, -0.2) is 0 Å². The minimum absolute atomic E-state index is 0.964. The molecule has 0 nitrogen and oxygen atoms in total. The molecule has 0 aliphatic rings. The first-order chi connectivity index (χ1) is 6.70. The van der Waals surface area contributed by atoms with Crippen LogP contribution >= 0.6 is 31.9 Å². The van der Waals surface area contributed by atoms with Gasteiger partial charge in [-0.05, 0) is 43.5 Å². The van der Waals surface area contributed by atoms with E-state index in [2.05, 4.69) is 45.0 Å². The van der Waals surface area contributed by atoms with Crippen molar-refractivity contribution in [2.24, 2.45) is 0 Å². The number of hydrogen-bond acceptors (Lipinski definition) is 0. The topological polar surface area (TPSA) is 0 Å². The minimum atomic E-state index is 0.964. The lowest BCUT2D eigenvalue weighted by Crippen LogP contribution is -1.66. The molecule has 0 unspecified atom stereocenters. The van der Waals surface area contributed by atoms with Gasteiger partial charge in [0.25, 0.3) is 0 Å². The maximum absolute atomic E-state index is 3.36. The van der Waals surface area contributed by atoms with E-state index in [1.807, 2.05) is 36.4 Å². The number of halogens is 2. The van der Waals surface area contributed by atoms with Crippen LogP contribution in [-0.4, -0.2) is 0 Å². The average Bonchev–Trinajstić information content (AvgIpc) is 2.19. The molecule has 0 saturated heterocycles. The Kier molecular flexibility index (Phi) is 8.59. The normalized spacial score (nSPS) is 7.86. The molecular weight excluding hydrogens is 304 g/mol. The summed E-state index contributed by atoms with van der Waals surface area (Å²) >= 11 is 6.58. The van der Waals surface area contributed by atoms with Crippen LogP contribution in [0.25, 0.3) is 6.08 Å². The molecule has 0 aliphatic heterocycles. The molecule has 1 rings (SSSR count). The highest BCUT2D eigenvalue weighted by Gasteiger charge is 1.84. The molecule has 0 spiro atoms. The van der Waals surface area contributed by atoms with Crippen LogP contribution < -0.4 is 0 Å². The molecule has 2 heteroatoms. The van der Waals surface area contributed by atoms with Gasteiger partial charge in [0.2, 0.25) is 0 Å². The van der Waals surface area contributed by atoms with E-state index in [9.17, 15) is 0 Å². The fraction of sp³-hybridized carbons (Fsp3) is 0. The molecule has 0 N–H and O–H groups in total. The van der Waals surface area contributed by atoms with Crippen LogP contribution in [-0.2, 0) is 0 Å². The molecule has 0 fully saturated rings. The lowest BCUT2D eigenvalue weighted by molar-refractivity contribution is 1.66. The Balaban J connectivity index is 0.000000364. The quantitative estimate of drug-likeness (QED) is 0.663. The van der Waals surface area contributed by atoms with E-state index < -0.39 is 0 Å². The molecule has 0 atom stereocenters. The van der Waals surface area contributed by atoms with Crippen molar-refractivity contribution >= 4 is 37.9 Å². The summed E-state index contributed by atoms with van der Waals surface area (Å²) in [7, 11) is 0. The Hall–Kier alpha value is -0.600. The van der Waals surface area contributed by atoms with Gasteiger partial charge in [0.15, 0.2) is 0 Å². The van der Waals surface area contributed by atoms with Gasteiger partial charge in [-0.15, -0.1) is 0 Å². The van der Waals surface area contributed by atoms with E-state index >= 15 is 0 Å². The predicted molar refractivity (Wildman–Crippen MR) is 72.7 cm³/mol. The number of rotatable bonds is 2. The van der Waals surface area contributed by atoms with Crippen LogP contribution in [0.5, 0.6) is 0 Å². The van der Waals surface area contributed by atoms with Crippen LogP contribution in [0.4, 0.5) is 0 Å². The largest absolute Gasteiger partial charge is 0.0991 e. The monoisotopic (exact) mass is 314 g/mol. The maximum atomic E-state index is 3.36. The van der Waals surface area contributed by atoms with E-state index in [0.717, 1.165) is 3.39 Å². The summed E-state index contributed by atoms with van der Waals surface area (Å²) in [6.07, 6.45) is 5.28. The first kappa shape index (κ1) is 13.4. The highest BCUT2D eigenvalue weighted by atomic mass is 79.9. The molecule has 14 heavy (non-hydrogen) atoms. The van der Waals surface area contributed by atoms with Crippen LogP contribution in [0.2, 0.25) is 0 Å². The van der Waals surface area contributed by atoms with Gasteiger partial charge in [0.05, 0.1) is 3.39 Å². The number of allylic oxidation sites excluding steroid dienone is 2. The highest BCUT2D eigenvalue weighted by Crippen LogP contribution is 2.17. The molecule has 0 aromatic heterocycles. The fourth-order valence-corrected chi connectivity index (χ4v) is 1.20. The average molecular weight is 316 g/mol. The summed E-state index contributed by atoms with van der Waals surface area (Å²) in [4.78, 5) is 0. The lowest BCUT2D eigenvalue weighted by atomic mass is 10.2. The predicted octanol–water partition coefficient (Wildman–Crippen LogP) is 5.13. The van der Waals surface area contributed by atoms with E-state index in [0.29, 0.717) is 0 Å². The van der Waals surface area contributed by atoms with Crippen molar-refractivity contribution < 1.29 is 0 Å². The Bertz CT molecular complexity index is 289. The molecule has 0 amide bonds. The van der Waals surface area contributed by atoms with Gasteiger partial charge in [0.1, 0.15) is 0 Å². The van der Waals surface area contributed by atoms with Crippen LogP contribution in [0.1, 0.15) is 5.56 Å². The van der Waals surface area contributed by atoms with Crippen molar-refractivity contribution in [2.75, 3.05) is 0 Å². The third-order valence-corrected chi connectivity index (χ3v) is 1.70. The van der Waals surface area contributed by atoms with Gasteiger partial charge < -0.3 is 0 Å².